The summed E-state index contributed by atoms with van der Waals surface area (Å²) in [6, 6.07) is 9.43. The van der Waals surface area contributed by atoms with Crippen LogP contribution in [0.15, 0.2) is 34.7 Å². The predicted molar refractivity (Wildman–Crippen MR) is 71.3 cm³/mol. The van der Waals surface area contributed by atoms with Crippen molar-refractivity contribution in [2.24, 2.45) is 5.73 Å². The Morgan fingerprint density at radius 3 is 2.88 bits per heavy atom. The fraction of sp³-hybridized carbons (Fsp3) is 0.385. The van der Waals surface area contributed by atoms with Crippen LogP contribution in [0, 0.1) is 0 Å². The van der Waals surface area contributed by atoms with E-state index in [2.05, 4.69) is 0 Å². The minimum Gasteiger partial charge on any atom is -0.459 e. The molecule has 0 bridgehead atoms. The molecule has 0 spiro atoms. The molecule has 1 aromatic heterocycles. The van der Waals surface area contributed by atoms with E-state index in [0.717, 1.165) is 23.2 Å². The van der Waals surface area contributed by atoms with Gasteiger partial charge in [0.15, 0.2) is 0 Å². The van der Waals surface area contributed by atoms with Crippen LogP contribution in [0.3, 0.4) is 0 Å². The fourth-order valence-corrected chi connectivity index (χ4v) is 2.97. The second kappa shape index (κ2) is 5.47. The number of hydrogen-bond donors (Lipinski definition) is 1. The maximum atomic E-state index is 11.6. The van der Waals surface area contributed by atoms with Gasteiger partial charge in [-0.3, -0.25) is 4.21 Å². The Morgan fingerprint density at radius 2 is 2.18 bits per heavy atom. The van der Waals surface area contributed by atoms with Crippen LogP contribution < -0.4 is 5.73 Å². The first-order valence-corrected chi connectivity index (χ1v) is 7.28. The molecule has 0 saturated carbocycles. The Bertz CT molecular complexity index is 488. The van der Waals surface area contributed by atoms with Crippen LogP contribution in [-0.4, -0.2) is 15.7 Å². The van der Waals surface area contributed by atoms with Crippen LogP contribution in [0.2, 0.25) is 0 Å². The van der Waals surface area contributed by atoms with Gasteiger partial charge in [0.05, 0.1) is 6.04 Å². The molecule has 2 rings (SSSR count). The van der Waals surface area contributed by atoms with Crippen molar-refractivity contribution in [3.05, 3.63) is 36.1 Å². The molecule has 0 radical (unpaired) electrons. The molecule has 3 nitrogen and oxygen atoms in total. The van der Waals surface area contributed by atoms with Crippen LogP contribution in [-0.2, 0) is 10.8 Å². The molecule has 2 atom stereocenters. The summed E-state index contributed by atoms with van der Waals surface area (Å²) in [5.74, 6) is 1.89. The van der Waals surface area contributed by atoms with Crippen molar-refractivity contribution in [1.29, 1.82) is 0 Å². The first kappa shape index (κ1) is 12.3. The van der Waals surface area contributed by atoms with E-state index in [-0.39, 0.29) is 6.04 Å². The Labute approximate surface area is 103 Å². The van der Waals surface area contributed by atoms with Crippen molar-refractivity contribution < 1.29 is 8.63 Å². The molecule has 2 aromatic rings. The molecular weight excluding hydrogens is 234 g/mol. The van der Waals surface area contributed by atoms with E-state index in [1.807, 2.05) is 37.3 Å². The third kappa shape index (κ3) is 2.96. The van der Waals surface area contributed by atoms with Gasteiger partial charge < -0.3 is 10.2 Å². The van der Waals surface area contributed by atoms with Crippen LogP contribution in [0.1, 0.15) is 25.1 Å². The average molecular weight is 251 g/mol. The van der Waals surface area contributed by atoms with Crippen molar-refractivity contribution in [2.75, 3.05) is 11.5 Å². The zero-order valence-electron chi connectivity index (χ0n) is 9.89. The number of nitrogens with two attached hydrogens (primary N) is 1. The van der Waals surface area contributed by atoms with Gasteiger partial charge >= 0.3 is 0 Å². The van der Waals surface area contributed by atoms with E-state index in [0.29, 0.717) is 11.5 Å². The highest BCUT2D eigenvalue weighted by molar-refractivity contribution is 7.85. The topological polar surface area (TPSA) is 56.2 Å². The third-order valence-corrected chi connectivity index (χ3v) is 4.20. The second-order valence-corrected chi connectivity index (χ2v) is 5.72. The van der Waals surface area contributed by atoms with Crippen molar-refractivity contribution in [3.8, 4) is 0 Å². The van der Waals surface area contributed by atoms with Gasteiger partial charge in [-0.05, 0) is 18.6 Å². The summed E-state index contributed by atoms with van der Waals surface area (Å²) >= 11 is 0. The zero-order valence-corrected chi connectivity index (χ0v) is 10.7. The lowest BCUT2D eigenvalue weighted by molar-refractivity contribution is 0.513. The Morgan fingerprint density at radius 1 is 1.41 bits per heavy atom. The molecule has 0 aliphatic heterocycles. The Kier molecular flexibility index (Phi) is 3.97. The summed E-state index contributed by atoms with van der Waals surface area (Å²) in [5.41, 5.74) is 6.84. The second-order valence-electron chi connectivity index (χ2n) is 4.10. The van der Waals surface area contributed by atoms with Crippen LogP contribution in [0.5, 0.6) is 0 Å². The van der Waals surface area contributed by atoms with Crippen molar-refractivity contribution in [3.63, 3.8) is 0 Å². The minimum absolute atomic E-state index is 0.283. The van der Waals surface area contributed by atoms with Crippen molar-refractivity contribution in [1.82, 2.24) is 0 Å². The SMILES string of the molecule is CCCS(=O)CC(N)c1cc2ccccc2o1. The largest absolute Gasteiger partial charge is 0.459 e. The standard InChI is InChI=1S/C13H17NO2S/c1-2-7-17(15)9-11(14)13-8-10-5-3-4-6-12(10)16-13/h3-6,8,11H,2,7,9,14H2,1H3. The van der Waals surface area contributed by atoms with Gasteiger partial charge in [-0.1, -0.05) is 25.1 Å². The molecule has 0 aliphatic carbocycles. The van der Waals surface area contributed by atoms with E-state index in [4.69, 9.17) is 10.2 Å². The number of benzene rings is 1. The lowest BCUT2D eigenvalue weighted by Crippen LogP contribution is -2.18. The van der Waals surface area contributed by atoms with Crippen LogP contribution >= 0.6 is 0 Å². The normalized spacial score (nSPS) is 14.9. The first-order valence-electron chi connectivity index (χ1n) is 5.79. The van der Waals surface area contributed by atoms with Gasteiger partial charge in [0, 0.05) is 27.7 Å². The summed E-state index contributed by atoms with van der Waals surface area (Å²) in [6.07, 6.45) is 0.916. The van der Waals surface area contributed by atoms with Gasteiger partial charge in [0.1, 0.15) is 11.3 Å². The highest BCUT2D eigenvalue weighted by Gasteiger charge is 2.14. The summed E-state index contributed by atoms with van der Waals surface area (Å²) in [4.78, 5) is 0. The molecule has 1 aromatic carbocycles. The summed E-state index contributed by atoms with van der Waals surface area (Å²) < 4.78 is 17.3. The third-order valence-electron chi connectivity index (χ3n) is 2.61. The Hall–Kier alpha value is -1.13. The van der Waals surface area contributed by atoms with Gasteiger partial charge in [0.2, 0.25) is 0 Å². The molecule has 4 heteroatoms. The first-order chi connectivity index (χ1) is 8.20. The molecular formula is C13H17NO2S. The van der Waals surface area contributed by atoms with Crippen LogP contribution in [0.4, 0.5) is 0 Å². The molecule has 0 saturated heterocycles. The molecule has 92 valence electrons. The van der Waals surface area contributed by atoms with E-state index in [9.17, 15) is 4.21 Å². The fourth-order valence-electron chi connectivity index (χ4n) is 1.78. The molecule has 0 aliphatic rings. The lowest BCUT2D eigenvalue weighted by Gasteiger charge is -2.07. The number of rotatable bonds is 5. The molecule has 2 N–H and O–H groups in total. The number of hydrogen-bond acceptors (Lipinski definition) is 3. The summed E-state index contributed by atoms with van der Waals surface area (Å²) in [6.45, 7) is 2.02. The van der Waals surface area contributed by atoms with Crippen molar-refractivity contribution in [2.45, 2.75) is 19.4 Å². The van der Waals surface area contributed by atoms with Crippen LogP contribution in [0.25, 0.3) is 11.0 Å². The summed E-state index contributed by atoms with van der Waals surface area (Å²) in [5, 5.41) is 1.04. The maximum Gasteiger partial charge on any atom is 0.134 e. The van der Waals surface area contributed by atoms with E-state index < -0.39 is 10.8 Å². The summed E-state index contributed by atoms with van der Waals surface area (Å²) in [7, 11) is -0.857. The van der Waals surface area contributed by atoms with Gasteiger partial charge in [-0.15, -0.1) is 0 Å². The molecule has 1 heterocycles. The molecule has 17 heavy (non-hydrogen) atoms. The number of para-hydroxylation sites is 1. The highest BCUT2D eigenvalue weighted by Crippen LogP contribution is 2.23. The quantitative estimate of drug-likeness (QED) is 0.888. The maximum absolute atomic E-state index is 11.6. The average Bonchev–Trinajstić information content (AvgIpc) is 2.72. The smallest absolute Gasteiger partial charge is 0.134 e. The van der Waals surface area contributed by atoms with Gasteiger partial charge in [-0.25, -0.2) is 0 Å². The monoisotopic (exact) mass is 251 g/mol. The van der Waals surface area contributed by atoms with E-state index in [1.54, 1.807) is 0 Å². The number of furan rings is 1. The zero-order chi connectivity index (χ0) is 12.3. The Balaban J connectivity index is 2.13. The molecule has 0 fully saturated rings. The van der Waals surface area contributed by atoms with Gasteiger partial charge in [-0.2, -0.15) is 0 Å². The van der Waals surface area contributed by atoms with Gasteiger partial charge in [0.25, 0.3) is 0 Å². The highest BCUT2D eigenvalue weighted by atomic mass is 32.2. The van der Waals surface area contributed by atoms with Crippen molar-refractivity contribution >= 4 is 21.8 Å². The molecule has 0 amide bonds. The predicted octanol–water partition coefficient (Wildman–Crippen LogP) is 2.59. The molecule has 2 unspecified atom stereocenters. The minimum atomic E-state index is -0.857. The van der Waals surface area contributed by atoms with E-state index in [1.165, 1.54) is 0 Å². The lowest BCUT2D eigenvalue weighted by atomic mass is 10.2. The van der Waals surface area contributed by atoms with E-state index >= 15 is 0 Å². The number of fused-ring (bicyclic) bond motifs is 1.